The molecule has 3 aromatic carbocycles. The fourth-order valence-corrected chi connectivity index (χ4v) is 6.15. The Kier molecular flexibility index (Phi) is 14.4. The van der Waals surface area contributed by atoms with Crippen LogP contribution in [0.15, 0.2) is 72.8 Å². The van der Waals surface area contributed by atoms with E-state index in [-0.39, 0.29) is 0 Å². The minimum atomic E-state index is 0.671. The van der Waals surface area contributed by atoms with Gasteiger partial charge in [0.25, 0.3) is 0 Å². The molecule has 0 amide bonds. The number of aromatic nitrogens is 2. The molecular formula is C42H58N2O2. The first kappa shape index (κ1) is 35.5. The Labute approximate surface area is 279 Å². The molecule has 0 spiro atoms. The summed E-state index contributed by atoms with van der Waals surface area (Å²) in [6.45, 7) is 15.3. The molecule has 0 aliphatic carbocycles. The summed E-state index contributed by atoms with van der Waals surface area (Å²) in [6.07, 6.45) is 12.2. The van der Waals surface area contributed by atoms with E-state index in [2.05, 4.69) is 90.1 Å². The van der Waals surface area contributed by atoms with E-state index in [1.807, 2.05) is 24.3 Å². The van der Waals surface area contributed by atoms with Gasteiger partial charge < -0.3 is 9.47 Å². The number of hydrogen-bond acceptors (Lipinski definition) is 4. The van der Waals surface area contributed by atoms with Crippen molar-refractivity contribution in [1.82, 2.24) is 9.97 Å². The molecule has 46 heavy (non-hydrogen) atoms. The molecule has 1 heterocycles. The molecule has 0 radical (unpaired) electrons. The number of hydrogen-bond donors (Lipinski definition) is 0. The number of ether oxygens (including phenoxy) is 2. The maximum atomic E-state index is 6.46. The Balaban J connectivity index is 1.53. The maximum absolute atomic E-state index is 6.46. The van der Waals surface area contributed by atoms with Gasteiger partial charge in [-0.15, -0.1) is 0 Å². The van der Waals surface area contributed by atoms with Gasteiger partial charge in [-0.05, 0) is 49.4 Å². The molecule has 2 unspecified atom stereocenters. The second-order valence-corrected chi connectivity index (χ2v) is 14.3. The monoisotopic (exact) mass is 622 g/mol. The number of fused-ring (bicyclic) bond motifs is 1. The van der Waals surface area contributed by atoms with Gasteiger partial charge in [-0.2, -0.15) is 0 Å². The fraction of sp³-hybridized carbons (Fsp3) is 0.524. The van der Waals surface area contributed by atoms with Crippen molar-refractivity contribution in [3.05, 3.63) is 72.8 Å². The molecule has 0 N–H and O–H groups in total. The van der Waals surface area contributed by atoms with Crippen molar-refractivity contribution in [2.24, 2.45) is 23.7 Å². The van der Waals surface area contributed by atoms with Gasteiger partial charge in [0.15, 0.2) is 11.5 Å². The van der Waals surface area contributed by atoms with E-state index in [1.54, 1.807) is 0 Å². The molecule has 4 heteroatoms. The summed E-state index contributed by atoms with van der Waals surface area (Å²) in [5.41, 5.74) is 5.49. The van der Waals surface area contributed by atoms with E-state index >= 15 is 0 Å². The zero-order chi connectivity index (χ0) is 32.7. The van der Waals surface area contributed by atoms with Gasteiger partial charge >= 0.3 is 0 Å². The minimum absolute atomic E-state index is 0.671. The average Bonchev–Trinajstić information content (AvgIpc) is 3.05. The van der Waals surface area contributed by atoms with E-state index in [9.17, 15) is 0 Å². The minimum Gasteiger partial charge on any atom is -0.490 e. The molecule has 0 bridgehead atoms. The second-order valence-electron chi connectivity index (χ2n) is 14.3. The highest BCUT2D eigenvalue weighted by Crippen LogP contribution is 2.36. The molecule has 0 saturated heterocycles. The van der Waals surface area contributed by atoms with Crippen LogP contribution < -0.4 is 9.47 Å². The van der Waals surface area contributed by atoms with Crippen LogP contribution in [0, 0.1) is 23.7 Å². The Morgan fingerprint density at radius 2 is 0.848 bits per heavy atom. The van der Waals surface area contributed by atoms with Gasteiger partial charge in [0.2, 0.25) is 0 Å². The van der Waals surface area contributed by atoms with Gasteiger partial charge in [0.05, 0.1) is 35.6 Å². The Bertz CT molecular complexity index is 1320. The van der Waals surface area contributed by atoms with Crippen LogP contribution in [-0.4, -0.2) is 23.2 Å². The largest absolute Gasteiger partial charge is 0.490 e. The zero-order valence-electron chi connectivity index (χ0n) is 29.4. The van der Waals surface area contributed by atoms with E-state index in [0.717, 1.165) is 69.7 Å². The third-order valence-electron chi connectivity index (χ3n) is 8.98. The van der Waals surface area contributed by atoms with E-state index in [1.165, 1.54) is 51.4 Å². The quantitative estimate of drug-likeness (QED) is 0.0920. The molecule has 2 atom stereocenters. The van der Waals surface area contributed by atoms with E-state index in [4.69, 9.17) is 19.4 Å². The topological polar surface area (TPSA) is 44.2 Å². The van der Waals surface area contributed by atoms with E-state index in [0.29, 0.717) is 25.0 Å². The van der Waals surface area contributed by atoms with Crippen molar-refractivity contribution in [2.45, 2.75) is 106 Å². The van der Waals surface area contributed by atoms with Gasteiger partial charge in [-0.3, -0.25) is 0 Å². The van der Waals surface area contributed by atoms with Crippen molar-refractivity contribution >= 4 is 11.0 Å². The van der Waals surface area contributed by atoms with Crippen molar-refractivity contribution < 1.29 is 9.47 Å². The summed E-state index contributed by atoms with van der Waals surface area (Å²) < 4.78 is 12.9. The first-order valence-electron chi connectivity index (χ1n) is 18.0. The standard InChI is InChI=1S/C42H58N2O2/c1-31(2)17-13-19-33(5)21-15-27-45-39-29-37-38(30-40(39)46-28-16-22-34(6)20-14-18-32(3)4)44-42(36-25-11-8-12-26-36)41(43-37)35-23-9-7-10-24-35/h7-12,23-26,29-34H,13-22,27-28H2,1-6H3. The molecule has 0 fully saturated rings. The van der Waals surface area contributed by atoms with Crippen LogP contribution in [0.1, 0.15) is 106 Å². The predicted octanol–water partition coefficient (Wildman–Crippen LogP) is 12.2. The molecular weight excluding hydrogens is 564 g/mol. The lowest BCUT2D eigenvalue weighted by Gasteiger charge is -2.17. The molecule has 1 aromatic heterocycles. The van der Waals surface area contributed by atoms with Crippen LogP contribution >= 0.6 is 0 Å². The second kappa shape index (κ2) is 18.7. The molecule has 4 nitrogen and oxygen atoms in total. The van der Waals surface area contributed by atoms with Gasteiger partial charge in [-0.1, -0.05) is 141 Å². The maximum Gasteiger partial charge on any atom is 0.163 e. The lowest BCUT2D eigenvalue weighted by Crippen LogP contribution is -2.06. The molecule has 0 aliphatic rings. The number of benzene rings is 3. The smallest absolute Gasteiger partial charge is 0.163 e. The average molecular weight is 623 g/mol. The molecule has 248 valence electrons. The highest BCUT2D eigenvalue weighted by atomic mass is 16.5. The highest BCUT2D eigenvalue weighted by molar-refractivity contribution is 5.88. The summed E-state index contributed by atoms with van der Waals surface area (Å²) in [6, 6.07) is 24.8. The zero-order valence-corrected chi connectivity index (χ0v) is 29.4. The first-order chi connectivity index (χ1) is 22.3. The number of nitrogens with zero attached hydrogens (tertiary/aromatic N) is 2. The van der Waals surface area contributed by atoms with Crippen LogP contribution in [0.25, 0.3) is 33.5 Å². The summed E-state index contributed by atoms with van der Waals surface area (Å²) in [4.78, 5) is 10.4. The van der Waals surface area contributed by atoms with E-state index < -0.39 is 0 Å². The molecule has 0 aliphatic heterocycles. The lowest BCUT2D eigenvalue weighted by molar-refractivity contribution is 0.250. The fourth-order valence-electron chi connectivity index (χ4n) is 6.15. The Morgan fingerprint density at radius 3 is 1.22 bits per heavy atom. The third-order valence-corrected chi connectivity index (χ3v) is 8.98. The molecule has 4 aromatic rings. The summed E-state index contributed by atoms with van der Waals surface area (Å²) >= 11 is 0. The van der Waals surface area contributed by atoms with Crippen LogP contribution in [-0.2, 0) is 0 Å². The van der Waals surface area contributed by atoms with Gasteiger partial charge in [0, 0.05) is 23.3 Å². The van der Waals surface area contributed by atoms with Gasteiger partial charge in [-0.25, -0.2) is 9.97 Å². The molecule has 4 rings (SSSR count). The third kappa shape index (κ3) is 11.4. The first-order valence-corrected chi connectivity index (χ1v) is 18.0. The van der Waals surface area contributed by atoms with Crippen molar-refractivity contribution in [2.75, 3.05) is 13.2 Å². The summed E-state index contributed by atoms with van der Waals surface area (Å²) in [5.74, 6) is 4.53. The van der Waals surface area contributed by atoms with Gasteiger partial charge in [0.1, 0.15) is 0 Å². The van der Waals surface area contributed by atoms with Crippen LogP contribution in [0.3, 0.4) is 0 Å². The Morgan fingerprint density at radius 1 is 0.478 bits per heavy atom. The molecule has 0 saturated carbocycles. The summed E-state index contributed by atoms with van der Waals surface area (Å²) in [7, 11) is 0. The number of rotatable bonds is 20. The highest BCUT2D eigenvalue weighted by Gasteiger charge is 2.17. The summed E-state index contributed by atoms with van der Waals surface area (Å²) in [5, 5.41) is 0. The SMILES string of the molecule is CC(C)CCCC(C)CCCOc1cc2nc(-c3ccccc3)c(-c3ccccc3)nc2cc1OCCCC(C)CCCC(C)C. The Hall–Kier alpha value is -3.40. The van der Waals surface area contributed by atoms with Crippen LogP contribution in [0.2, 0.25) is 0 Å². The van der Waals surface area contributed by atoms with Crippen molar-refractivity contribution in [3.8, 4) is 34.0 Å². The predicted molar refractivity (Wildman–Crippen MR) is 196 cm³/mol. The van der Waals surface area contributed by atoms with Crippen molar-refractivity contribution in [1.29, 1.82) is 0 Å². The lowest BCUT2D eigenvalue weighted by atomic mass is 9.96. The van der Waals surface area contributed by atoms with Crippen LogP contribution in [0.5, 0.6) is 11.5 Å². The normalized spacial score (nSPS) is 13.0. The van der Waals surface area contributed by atoms with Crippen molar-refractivity contribution in [3.63, 3.8) is 0 Å². The van der Waals surface area contributed by atoms with Crippen LogP contribution in [0.4, 0.5) is 0 Å².